The minimum Gasteiger partial charge on any atom is -0.496 e. The first-order valence-electron chi connectivity index (χ1n) is 19.8. The van der Waals surface area contributed by atoms with Crippen LogP contribution < -0.4 is 19.5 Å². The van der Waals surface area contributed by atoms with Crippen LogP contribution in [-0.2, 0) is 16.2 Å². The van der Waals surface area contributed by atoms with Gasteiger partial charge in [-0.15, -0.1) is 0 Å². The molecule has 2 saturated carbocycles. The second-order valence-electron chi connectivity index (χ2n) is 15.4. The minimum absolute atomic E-state index is 0.0239. The van der Waals surface area contributed by atoms with Crippen LogP contribution in [0, 0.1) is 11.8 Å². The molecule has 2 aromatic carbocycles. The standard InChI is InChI=1S/C43H62N2O6/c1-7-42(4,39(46)31-24-22-30(23-25-31)29-51-34-27-32(49-5)26-33(28-34)50-6)44-37-20-16-12-10-14-18-35(37)40(47)43(8-2,9-3)45-38-21-17-13-11-15-19-36(38)41(45)48/h22-28,35-38,44H,7-21,29H2,1-6H3/t35-,36-,37+,38+,42?/m1/s1. The molecule has 3 aliphatic rings. The normalized spacial score (nSPS) is 24.0. The highest BCUT2D eigenvalue weighted by Gasteiger charge is 2.58. The van der Waals surface area contributed by atoms with Crippen molar-refractivity contribution in [2.45, 2.75) is 154 Å². The number of β-lactam (4-membered cyclic amide) rings is 1. The van der Waals surface area contributed by atoms with E-state index in [1.165, 1.54) is 12.8 Å². The molecule has 8 nitrogen and oxygen atoms in total. The number of fused-ring (bicyclic) bond motifs is 1. The molecule has 5 atom stereocenters. The smallest absolute Gasteiger partial charge is 0.228 e. The van der Waals surface area contributed by atoms with Gasteiger partial charge in [-0.3, -0.25) is 14.4 Å². The SMILES string of the molecule is CCC(C)(N[C@H]1CCCCCC[C@H]1C(=O)C(CC)(CC)N1C(=O)[C@@H]2CCCCCC[C@@H]21)C(=O)c1ccc(COc2cc(OC)cc(OC)c2)cc1. The van der Waals surface area contributed by atoms with Gasteiger partial charge in [0.05, 0.1) is 25.7 Å². The maximum atomic E-state index is 15.1. The van der Waals surface area contributed by atoms with Gasteiger partial charge in [-0.05, 0) is 57.4 Å². The number of carbonyl (C=O) groups excluding carboxylic acids is 3. The Balaban J connectivity index is 1.33. The van der Waals surface area contributed by atoms with Crippen molar-refractivity contribution in [3.8, 4) is 17.2 Å². The third-order valence-electron chi connectivity index (χ3n) is 12.5. The van der Waals surface area contributed by atoms with E-state index in [4.69, 9.17) is 14.2 Å². The molecule has 1 saturated heterocycles. The van der Waals surface area contributed by atoms with Crippen molar-refractivity contribution in [3.05, 3.63) is 53.6 Å². The second-order valence-corrected chi connectivity index (χ2v) is 15.4. The lowest BCUT2D eigenvalue weighted by molar-refractivity contribution is -0.178. The van der Waals surface area contributed by atoms with Crippen LogP contribution in [0.25, 0.3) is 0 Å². The van der Waals surface area contributed by atoms with Crippen molar-refractivity contribution < 1.29 is 28.6 Å². The monoisotopic (exact) mass is 702 g/mol. The molecule has 0 spiro atoms. The fourth-order valence-electron chi connectivity index (χ4n) is 9.06. The molecule has 5 rings (SSSR count). The van der Waals surface area contributed by atoms with Crippen LogP contribution >= 0.6 is 0 Å². The average molecular weight is 703 g/mol. The maximum Gasteiger partial charge on any atom is 0.228 e. The number of ether oxygens (including phenoxy) is 3. The van der Waals surface area contributed by atoms with Crippen molar-refractivity contribution in [1.29, 1.82) is 0 Å². The van der Waals surface area contributed by atoms with Crippen LogP contribution in [-0.4, -0.2) is 59.8 Å². The van der Waals surface area contributed by atoms with Gasteiger partial charge in [-0.2, -0.15) is 0 Å². The van der Waals surface area contributed by atoms with Gasteiger partial charge in [0.15, 0.2) is 11.6 Å². The minimum atomic E-state index is -0.851. The van der Waals surface area contributed by atoms with E-state index in [-0.39, 0.29) is 41.4 Å². The predicted octanol–water partition coefficient (Wildman–Crippen LogP) is 8.87. The Morgan fingerprint density at radius 3 is 1.92 bits per heavy atom. The number of methoxy groups -OCH3 is 2. The number of hydrogen-bond donors (Lipinski definition) is 1. The van der Waals surface area contributed by atoms with Gasteiger partial charge < -0.3 is 24.4 Å². The lowest BCUT2D eigenvalue weighted by Gasteiger charge is -2.58. The number of hydrogen-bond acceptors (Lipinski definition) is 7. The van der Waals surface area contributed by atoms with E-state index < -0.39 is 11.1 Å². The molecular formula is C43H62N2O6. The van der Waals surface area contributed by atoms with Crippen LogP contribution in [0.5, 0.6) is 17.2 Å². The molecule has 0 bridgehead atoms. The summed E-state index contributed by atoms with van der Waals surface area (Å²) in [6.45, 7) is 8.56. The highest BCUT2D eigenvalue weighted by atomic mass is 16.5. The van der Waals surface area contributed by atoms with Crippen molar-refractivity contribution in [3.63, 3.8) is 0 Å². The first-order valence-corrected chi connectivity index (χ1v) is 19.8. The molecule has 3 fully saturated rings. The number of ketones is 2. The topological polar surface area (TPSA) is 94.2 Å². The lowest BCUT2D eigenvalue weighted by atomic mass is 9.68. The zero-order chi connectivity index (χ0) is 36.6. The summed E-state index contributed by atoms with van der Waals surface area (Å²) in [5, 5.41) is 3.82. The van der Waals surface area contributed by atoms with E-state index in [1.54, 1.807) is 20.3 Å². The second kappa shape index (κ2) is 17.4. The fourth-order valence-corrected chi connectivity index (χ4v) is 9.06. The molecule has 1 amide bonds. The molecule has 2 aliphatic carbocycles. The number of benzene rings is 2. The van der Waals surface area contributed by atoms with Gasteiger partial charge in [-0.1, -0.05) is 96.4 Å². The Bertz CT molecular complexity index is 1460. The van der Waals surface area contributed by atoms with E-state index in [2.05, 4.69) is 24.1 Å². The molecule has 0 radical (unpaired) electrons. The molecule has 280 valence electrons. The lowest BCUT2D eigenvalue weighted by Crippen LogP contribution is -2.73. The van der Waals surface area contributed by atoms with Crippen molar-refractivity contribution in [2.24, 2.45) is 11.8 Å². The van der Waals surface area contributed by atoms with Crippen molar-refractivity contribution in [2.75, 3.05) is 14.2 Å². The Morgan fingerprint density at radius 1 is 0.765 bits per heavy atom. The van der Waals surface area contributed by atoms with E-state index in [0.717, 1.165) is 69.8 Å². The predicted molar refractivity (Wildman–Crippen MR) is 202 cm³/mol. The quantitative estimate of drug-likeness (QED) is 0.146. The zero-order valence-corrected chi connectivity index (χ0v) is 32.1. The van der Waals surface area contributed by atoms with E-state index in [9.17, 15) is 9.59 Å². The van der Waals surface area contributed by atoms with E-state index >= 15 is 4.79 Å². The van der Waals surface area contributed by atoms with Crippen molar-refractivity contribution in [1.82, 2.24) is 10.2 Å². The average Bonchev–Trinajstić information content (AvgIpc) is 3.14. The number of Topliss-reactive ketones (excluding diaryl/α,β-unsaturated/α-hetero) is 2. The van der Waals surface area contributed by atoms with Gasteiger partial charge in [0.2, 0.25) is 5.91 Å². The van der Waals surface area contributed by atoms with Gasteiger partial charge in [0, 0.05) is 41.8 Å². The van der Waals surface area contributed by atoms with Gasteiger partial charge in [0.1, 0.15) is 29.4 Å². The molecule has 1 N–H and O–H groups in total. The number of rotatable bonds is 15. The molecular weight excluding hydrogens is 640 g/mol. The zero-order valence-electron chi connectivity index (χ0n) is 32.1. The molecule has 1 heterocycles. The third-order valence-corrected chi connectivity index (χ3v) is 12.5. The summed E-state index contributed by atoms with van der Waals surface area (Å²) in [5.74, 6) is 2.19. The third kappa shape index (κ3) is 8.32. The highest BCUT2D eigenvalue weighted by molar-refractivity contribution is 6.03. The molecule has 51 heavy (non-hydrogen) atoms. The molecule has 8 heteroatoms. The summed E-state index contributed by atoms with van der Waals surface area (Å²) in [6, 6.07) is 13.1. The number of nitrogens with one attached hydrogen (secondary N) is 1. The first kappa shape index (κ1) is 38.8. The van der Waals surface area contributed by atoms with Gasteiger partial charge >= 0.3 is 0 Å². The summed E-state index contributed by atoms with van der Waals surface area (Å²) in [4.78, 5) is 45.3. The maximum absolute atomic E-state index is 15.1. The Morgan fingerprint density at radius 2 is 1.33 bits per heavy atom. The highest BCUT2D eigenvalue weighted by Crippen LogP contribution is 2.46. The largest absolute Gasteiger partial charge is 0.496 e. The Kier molecular flexibility index (Phi) is 13.3. The van der Waals surface area contributed by atoms with E-state index in [0.29, 0.717) is 48.7 Å². The Labute approximate surface area is 306 Å². The number of likely N-dealkylation sites (tertiary alicyclic amines) is 1. The fraction of sp³-hybridized carbons (Fsp3) is 0.651. The Hall–Kier alpha value is -3.39. The summed E-state index contributed by atoms with van der Waals surface area (Å²) in [5.41, 5.74) is -0.0736. The van der Waals surface area contributed by atoms with Crippen molar-refractivity contribution >= 4 is 17.5 Å². The molecule has 1 aliphatic heterocycles. The summed E-state index contributed by atoms with van der Waals surface area (Å²) in [6.07, 6.45) is 14.3. The van der Waals surface area contributed by atoms with Crippen LogP contribution in [0.4, 0.5) is 0 Å². The summed E-state index contributed by atoms with van der Waals surface area (Å²) < 4.78 is 16.8. The summed E-state index contributed by atoms with van der Waals surface area (Å²) >= 11 is 0. The van der Waals surface area contributed by atoms with Crippen LogP contribution in [0.15, 0.2) is 42.5 Å². The number of nitrogens with zero attached hydrogens (tertiary/aromatic N) is 1. The number of amides is 1. The number of carbonyl (C=O) groups is 3. The van der Waals surface area contributed by atoms with Crippen LogP contribution in [0.2, 0.25) is 0 Å². The first-order chi connectivity index (χ1) is 24.6. The van der Waals surface area contributed by atoms with Gasteiger partial charge in [-0.25, -0.2) is 0 Å². The summed E-state index contributed by atoms with van der Waals surface area (Å²) in [7, 11) is 3.21. The van der Waals surface area contributed by atoms with Crippen LogP contribution in [0.1, 0.15) is 140 Å². The van der Waals surface area contributed by atoms with Crippen LogP contribution in [0.3, 0.4) is 0 Å². The molecule has 0 aromatic heterocycles. The van der Waals surface area contributed by atoms with Gasteiger partial charge in [0.25, 0.3) is 0 Å². The van der Waals surface area contributed by atoms with E-state index in [1.807, 2.05) is 50.2 Å². The molecule has 1 unspecified atom stereocenters. The molecule has 2 aromatic rings.